The summed E-state index contributed by atoms with van der Waals surface area (Å²) in [4.78, 5) is 10.4. The molecule has 210 valence electrons. The van der Waals surface area contributed by atoms with E-state index in [-0.39, 0.29) is 0 Å². The second-order valence-electron chi connectivity index (χ2n) is 9.32. The third-order valence-corrected chi connectivity index (χ3v) is 6.73. The van der Waals surface area contributed by atoms with Crippen molar-refractivity contribution < 1.29 is 18.9 Å². The van der Waals surface area contributed by atoms with Gasteiger partial charge in [-0.25, -0.2) is 9.97 Å². The van der Waals surface area contributed by atoms with Crippen LogP contribution >= 0.6 is 0 Å². The quantitative estimate of drug-likeness (QED) is 0.173. The van der Waals surface area contributed by atoms with Gasteiger partial charge in [-0.15, -0.1) is 0 Å². The van der Waals surface area contributed by atoms with E-state index in [4.69, 9.17) is 28.9 Å². The van der Waals surface area contributed by atoms with Crippen LogP contribution in [0, 0.1) is 0 Å². The van der Waals surface area contributed by atoms with E-state index in [9.17, 15) is 0 Å². The lowest BCUT2D eigenvalue weighted by Gasteiger charge is -2.12. The molecule has 1 heterocycles. The van der Waals surface area contributed by atoms with E-state index in [1.165, 1.54) is 0 Å². The highest BCUT2D eigenvalue weighted by Crippen LogP contribution is 2.32. The summed E-state index contributed by atoms with van der Waals surface area (Å²) in [7, 11) is 6.51. The Morgan fingerprint density at radius 2 is 0.810 bits per heavy atom. The Morgan fingerprint density at radius 1 is 0.429 bits per heavy atom. The zero-order chi connectivity index (χ0) is 29.3. The van der Waals surface area contributed by atoms with Crippen LogP contribution in [0.1, 0.15) is 22.5 Å². The van der Waals surface area contributed by atoms with Gasteiger partial charge in [0.15, 0.2) is 23.0 Å². The lowest BCUT2D eigenvalue weighted by Crippen LogP contribution is -2.00. The van der Waals surface area contributed by atoms with E-state index < -0.39 is 0 Å². The number of methoxy groups -OCH3 is 4. The molecule has 0 radical (unpaired) electrons. The minimum atomic E-state index is 0.662. The van der Waals surface area contributed by atoms with E-state index >= 15 is 0 Å². The van der Waals surface area contributed by atoms with Crippen molar-refractivity contribution in [3.8, 4) is 45.5 Å². The first-order valence-electron chi connectivity index (χ1n) is 13.5. The number of nitrogens with zero attached hydrogens (tertiary/aromatic N) is 2. The minimum Gasteiger partial charge on any atom is -0.493 e. The fourth-order valence-corrected chi connectivity index (χ4v) is 4.57. The number of hydrogen-bond donors (Lipinski definition) is 0. The van der Waals surface area contributed by atoms with Crippen molar-refractivity contribution in [3.63, 3.8) is 0 Å². The summed E-state index contributed by atoms with van der Waals surface area (Å²) in [6.07, 6.45) is 7.99. The average molecular weight is 557 g/mol. The van der Waals surface area contributed by atoms with Crippen LogP contribution in [0.4, 0.5) is 0 Å². The van der Waals surface area contributed by atoms with Crippen LogP contribution in [0.15, 0.2) is 97.1 Å². The molecule has 0 unspecified atom stereocenters. The molecule has 0 aliphatic rings. The molecule has 0 bridgehead atoms. The van der Waals surface area contributed by atoms with Crippen LogP contribution < -0.4 is 18.9 Å². The van der Waals surface area contributed by atoms with E-state index in [1.807, 2.05) is 121 Å². The van der Waals surface area contributed by atoms with Crippen molar-refractivity contribution in [1.82, 2.24) is 9.97 Å². The summed E-state index contributed by atoms with van der Waals surface area (Å²) < 4.78 is 21.8. The first-order valence-corrected chi connectivity index (χ1v) is 13.5. The van der Waals surface area contributed by atoms with Gasteiger partial charge in [0, 0.05) is 11.1 Å². The number of ether oxygens (including phenoxy) is 4. The number of benzene rings is 4. The van der Waals surface area contributed by atoms with E-state index in [1.54, 1.807) is 28.4 Å². The molecule has 5 aromatic rings. The van der Waals surface area contributed by atoms with Gasteiger partial charge >= 0.3 is 0 Å². The molecular formula is C36H32N2O4. The number of aromatic nitrogens is 2. The van der Waals surface area contributed by atoms with Crippen LogP contribution in [0.5, 0.6) is 23.0 Å². The predicted octanol–water partition coefficient (Wildman–Crippen LogP) is 8.19. The standard InChI is InChI=1S/C36H32N2O4/c1-39-31-21-17-25(23-33(31)41-3)15-19-29-35(27-11-7-5-8-12-27)38-30(36(37-29)28-13-9-6-10-14-28)20-16-26-18-22-32(40-2)34(24-26)42-4/h5-24H,1-4H3/b19-15+,20-16+. The van der Waals surface area contributed by atoms with Crippen LogP contribution in [-0.4, -0.2) is 38.4 Å². The Hall–Kier alpha value is -5.36. The minimum absolute atomic E-state index is 0.662. The Balaban J connectivity index is 1.65. The fraction of sp³-hybridized carbons (Fsp3) is 0.111. The Bertz CT molecular complexity index is 1590. The molecule has 0 fully saturated rings. The van der Waals surface area contributed by atoms with Crippen molar-refractivity contribution in [2.75, 3.05) is 28.4 Å². The molecular weight excluding hydrogens is 524 g/mol. The highest BCUT2D eigenvalue weighted by Gasteiger charge is 2.15. The molecule has 6 nitrogen and oxygen atoms in total. The second kappa shape index (κ2) is 13.3. The van der Waals surface area contributed by atoms with Crippen molar-refractivity contribution >= 4 is 24.3 Å². The smallest absolute Gasteiger partial charge is 0.161 e. The molecule has 0 amide bonds. The Morgan fingerprint density at radius 3 is 1.17 bits per heavy atom. The summed E-state index contributed by atoms with van der Waals surface area (Å²) in [5.41, 5.74) is 6.89. The summed E-state index contributed by atoms with van der Waals surface area (Å²) in [5.74, 6) is 2.68. The second-order valence-corrected chi connectivity index (χ2v) is 9.32. The topological polar surface area (TPSA) is 62.7 Å². The molecule has 0 atom stereocenters. The molecule has 0 spiro atoms. The summed E-state index contributed by atoms with van der Waals surface area (Å²) in [6, 6.07) is 31.8. The highest BCUT2D eigenvalue weighted by atomic mass is 16.5. The van der Waals surface area contributed by atoms with Gasteiger partial charge in [-0.1, -0.05) is 84.9 Å². The highest BCUT2D eigenvalue weighted by molar-refractivity contribution is 5.83. The van der Waals surface area contributed by atoms with Crippen molar-refractivity contribution in [2.45, 2.75) is 0 Å². The molecule has 1 aromatic heterocycles. The maximum atomic E-state index is 5.50. The number of rotatable bonds is 10. The van der Waals surface area contributed by atoms with Gasteiger partial charge in [-0.05, 0) is 47.5 Å². The van der Waals surface area contributed by atoms with Gasteiger partial charge in [-0.3, -0.25) is 0 Å². The lowest BCUT2D eigenvalue weighted by molar-refractivity contribution is 0.355. The molecule has 4 aromatic carbocycles. The third-order valence-electron chi connectivity index (χ3n) is 6.73. The van der Waals surface area contributed by atoms with Crippen LogP contribution in [0.2, 0.25) is 0 Å². The largest absolute Gasteiger partial charge is 0.493 e. The summed E-state index contributed by atoms with van der Waals surface area (Å²) >= 11 is 0. The average Bonchev–Trinajstić information content (AvgIpc) is 3.06. The summed E-state index contributed by atoms with van der Waals surface area (Å²) in [6.45, 7) is 0. The van der Waals surface area contributed by atoms with Gasteiger partial charge < -0.3 is 18.9 Å². The van der Waals surface area contributed by atoms with Crippen molar-refractivity contribution in [3.05, 3.63) is 120 Å². The molecule has 0 N–H and O–H groups in total. The Kier molecular flexibility index (Phi) is 8.94. The third kappa shape index (κ3) is 6.34. The lowest BCUT2D eigenvalue weighted by atomic mass is 10.0. The van der Waals surface area contributed by atoms with Gasteiger partial charge in [-0.2, -0.15) is 0 Å². The van der Waals surface area contributed by atoms with Crippen molar-refractivity contribution in [1.29, 1.82) is 0 Å². The Labute approximate surface area is 246 Å². The zero-order valence-corrected chi connectivity index (χ0v) is 24.1. The molecule has 5 rings (SSSR count). The van der Waals surface area contributed by atoms with Gasteiger partial charge in [0.05, 0.1) is 51.2 Å². The summed E-state index contributed by atoms with van der Waals surface area (Å²) in [5, 5.41) is 0. The maximum Gasteiger partial charge on any atom is 0.161 e. The normalized spacial score (nSPS) is 11.1. The van der Waals surface area contributed by atoms with Crippen LogP contribution in [0.25, 0.3) is 46.8 Å². The number of hydrogen-bond acceptors (Lipinski definition) is 6. The van der Waals surface area contributed by atoms with Crippen LogP contribution in [0.3, 0.4) is 0 Å². The molecule has 0 aliphatic carbocycles. The first kappa shape index (κ1) is 28.2. The van der Waals surface area contributed by atoms with Crippen LogP contribution in [-0.2, 0) is 0 Å². The molecule has 0 saturated carbocycles. The molecule has 0 saturated heterocycles. The van der Waals surface area contributed by atoms with Crippen molar-refractivity contribution in [2.24, 2.45) is 0 Å². The first-order chi connectivity index (χ1) is 20.6. The molecule has 42 heavy (non-hydrogen) atoms. The van der Waals surface area contributed by atoms with E-state index in [0.29, 0.717) is 23.0 Å². The van der Waals surface area contributed by atoms with Gasteiger partial charge in [0.25, 0.3) is 0 Å². The molecule has 6 heteroatoms. The van der Waals surface area contributed by atoms with Gasteiger partial charge in [0.2, 0.25) is 0 Å². The maximum absolute atomic E-state index is 5.50. The predicted molar refractivity (Wildman–Crippen MR) is 170 cm³/mol. The zero-order valence-electron chi connectivity index (χ0n) is 24.1. The van der Waals surface area contributed by atoms with Gasteiger partial charge in [0.1, 0.15) is 0 Å². The van der Waals surface area contributed by atoms with E-state index in [2.05, 4.69) is 0 Å². The monoisotopic (exact) mass is 556 g/mol. The van der Waals surface area contributed by atoms with E-state index in [0.717, 1.165) is 45.0 Å². The molecule has 0 aliphatic heterocycles. The fourth-order valence-electron chi connectivity index (χ4n) is 4.57. The SMILES string of the molecule is COc1ccc(/C=C/c2nc(-c3ccccc3)c(/C=C/c3ccc(OC)c(OC)c3)nc2-c2ccccc2)cc1OC.